The van der Waals surface area contributed by atoms with E-state index in [4.69, 9.17) is 11.6 Å². The molecule has 2 rings (SSSR count). The van der Waals surface area contributed by atoms with Crippen LogP contribution in [0.15, 0.2) is 30.3 Å². The molecule has 5 heteroatoms. The van der Waals surface area contributed by atoms with Crippen LogP contribution in [0.25, 0.3) is 5.69 Å². The topological polar surface area (TPSA) is 46.9 Å². The average Bonchev–Trinajstić information content (AvgIpc) is 2.59. The van der Waals surface area contributed by atoms with E-state index in [1.807, 2.05) is 19.1 Å². The van der Waals surface area contributed by atoms with Crippen molar-refractivity contribution in [1.29, 1.82) is 0 Å². The number of nitrogens with one attached hydrogen (secondary N) is 1. The molecule has 0 aliphatic heterocycles. The number of carbonyl (C=O) groups is 1. The quantitative estimate of drug-likeness (QED) is 0.831. The van der Waals surface area contributed by atoms with Crippen molar-refractivity contribution in [2.24, 2.45) is 0 Å². The van der Waals surface area contributed by atoms with Crippen LogP contribution in [0.2, 0.25) is 5.15 Å². The maximum absolute atomic E-state index is 10.2. The van der Waals surface area contributed by atoms with E-state index in [-0.39, 0.29) is 0 Å². The van der Waals surface area contributed by atoms with Crippen LogP contribution in [0.5, 0.6) is 0 Å². The Bertz CT molecular complexity index is 504. The first-order valence-corrected chi connectivity index (χ1v) is 5.11. The Hall–Kier alpha value is -1.81. The summed E-state index contributed by atoms with van der Waals surface area (Å²) in [7, 11) is 0. The van der Waals surface area contributed by atoms with Gasteiger partial charge in [-0.3, -0.25) is 4.79 Å². The number of anilines is 1. The predicted molar refractivity (Wildman–Crippen MR) is 63.0 cm³/mol. The smallest absolute Gasteiger partial charge is 0.211 e. The Morgan fingerprint density at radius 3 is 2.56 bits per heavy atom. The zero-order valence-corrected chi connectivity index (χ0v) is 9.40. The summed E-state index contributed by atoms with van der Waals surface area (Å²) in [4.78, 5) is 10.2. The maximum atomic E-state index is 10.2. The molecule has 0 unspecified atom stereocenters. The fraction of sp³-hybridized carbons (Fsp3) is 0.0909. The normalized spacial score (nSPS) is 10.1. The Labute approximate surface area is 97.8 Å². The van der Waals surface area contributed by atoms with Gasteiger partial charge in [-0.15, -0.1) is 0 Å². The average molecular weight is 236 g/mol. The van der Waals surface area contributed by atoms with Crippen LogP contribution in [-0.4, -0.2) is 16.2 Å². The van der Waals surface area contributed by atoms with E-state index < -0.39 is 0 Å². The van der Waals surface area contributed by atoms with E-state index in [2.05, 4.69) is 10.4 Å². The molecule has 2 aromatic rings. The summed E-state index contributed by atoms with van der Waals surface area (Å²) in [6.07, 6.45) is 0.639. The molecule has 1 heterocycles. The molecular formula is C11H10ClN3O. The lowest BCUT2D eigenvalue weighted by Gasteiger charge is -2.04. The van der Waals surface area contributed by atoms with Gasteiger partial charge in [-0.25, -0.2) is 4.68 Å². The van der Waals surface area contributed by atoms with Crippen LogP contribution < -0.4 is 5.32 Å². The molecule has 0 aliphatic carbocycles. The summed E-state index contributed by atoms with van der Waals surface area (Å²) < 4.78 is 1.64. The number of nitrogens with zero attached hydrogens (tertiary/aromatic N) is 2. The highest BCUT2D eigenvalue weighted by Crippen LogP contribution is 2.18. The molecule has 0 atom stereocenters. The van der Waals surface area contributed by atoms with Gasteiger partial charge in [0.1, 0.15) is 5.15 Å². The van der Waals surface area contributed by atoms with Gasteiger partial charge in [-0.1, -0.05) is 11.6 Å². The standard InChI is InChI=1S/C11H10ClN3O/c1-8-6-11(12)15(14-8)10-4-2-9(3-5-10)13-7-16/h2-7H,1H3,(H,13,16). The van der Waals surface area contributed by atoms with Gasteiger partial charge in [0.25, 0.3) is 0 Å². The van der Waals surface area contributed by atoms with Gasteiger partial charge in [-0.05, 0) is 37.3 Å². The fourth-order valence-electron chi connectivity index (χ4n) is 1.42. The fourth-order valence-corrected chi connectivity index (χ4v) is 1.71. The summed E-state index contributed by atoms with van der Waals surface area (Å²) in [5.74, 6) is 0. The second-order valence-corrected chi connectivity index (χ2v) is 3.72. The second kappa shape index (κ2) is 4.37. The minimum absolute atomic E-state index is 0.564. The molecule has 1 N–H and O–H groups in total. The largest absolute Gasteiger partial charge is 0.329 e. The van der Waals surface area contributed by atoms with Crippen LogP contribution in [0, 0.1) is 6.92 Å². The zero-order valence-electron chi connectivity index (χ0n) is 8.64. The number of rotatable bonds is 3. The number of benzene rings is 1. The highest BCUT2D eigenvalue weighted by Gasteiger charge is 2.04. The van der Waals surface area contributed by atoms with E-state index in [0.29, 0.717) is 11.6 Å². The Morgan fingerprint density at radius 2 is 2.06 bits per heavy atom. The monoisotopic (exact) mass is 235 g/mol. The SMILES string of the molecule is Cc1cc(Cl)n(-c2ccc(NC=O)cc2)n1. The Balaban J connectivity index is 2.34. The number of carbonyl (C=O) groups excluding carboxylic acids is 1. The van der Waals surface area contributed by atoms with Gasteiger partial charge in [0, 0.05) is 5.69 Å². The molecule has 0 spiro atoms. The Kier molecular flexibility index (Phi) is 2.92. The number of aryl methyl sites for hydroxylation is 1. The summed E-state index contributed by atoms with van der Waals surface area (Å²) in [5.41, 5.74) is 2.45. The number of hydrogen-bond acceptors (Lipinski definition) is 2. The van der Waals surface area contributed by atoms with Gasteiger partial charge >= 0.3 is 0 Å². The molecule has 0 aliphatic rings. The van der Waals surface area contributed by atoms with Crippen molar-refractivity contribution in [2.75, 3.05) is 5.32 Å². The third kappa shape index (κ3) is 2.06. The van der Waals surface area contributed by atoms with Crippen LogP contribution in [0.4, 0.5) is 5.69 Å². The van der Waals surface area contributed by atoms with E-state index >= 15 is 0 Å². The molecule has 0 saturated heterocycles. The molecule has 1 aromatic carbocycles. The van der Waals surface area contributed by atoms with Gasteiger partial charge in [0.15, 0.2) is 0 Å². The van der Waals surface area contributed by atoms with Crippen molar-refractivity contribution < 1.29 is 4.79 Å². The molecular weight excluding hydrogens is 226 g/mol. The summed E-state index contributed by atoms with van der Waals surface area (Å²) in [5, 5.41) is 7.38. The molecule has 0 bridgehead atoms. The van der Waals surface area contributed by atoms with Crippen molar-refractivity contribution in [3.63, 3.8) is 0 Å². The van der Waals surface area contributed by atoms with Crippen LogP contribution in [0.3, 0.4) is 0 Å². The maximum Gasteiger partial charge on any atom is 0.211 e. The van der Waals surface area contributed by atoms with Crippen LogP contribution in [-0.2, 0) is 4.79 Å². The minimum atomic E-state index is 0.564. The first kappa shape index (κ1) is 10.7. The highest BCUT2D eigenvalue weighted by atomic mass is 35.5. The molecule has 1 amide bonds. The van der Waals surface area contributed by atoms with Crippen molar-refractivity contribution in [3.8, 4) is 5.69 Å². The second-order valence-electron chi connectivity index (χ2n) is 3.33. The lowest BCUT2D eigenvalue weighted by molar-refractivity contribution is -0.105. The molecule has 0 radical (unpaired) electrons. The van der Waals surface area contributed by atoms with E-state index in [0.717, 1.165) is 17.1 Å². The molecule has 82 valence electrons. The molecule has 0 saturated carbocycles. The highest BCUT2D eigenvalue weighted by molar-refractivity contribution is 6.29. The first-order chi connectivity index (χ1) is 7.70. The minimum Gasteiger partial charge on any atom is -0.329 e. The van der Waals surface area contributed by atoms with E-state index in [9.17, 15) is 4.79 Å². The van der Waals surface area contributed by atoms with Crippen molar-refractivity contribution in [1.82, 2.24) is 9.78 Å². The van der Waals surface area contributed by atoms with Crippen molar-refractivity contribution in [2.45, 2.75) is 6.92 Å². The molecule has 4 nitrogen and oxygen atoms in total. The third-order valence-electron chi connectivity index (χ3n) is 2.13. The van der Waals surface area contributed by atoms with Crippen LogP contribution in [0.1, 0.15) is 5.69 Å². The molecule has 1 aromatic heterocycles. The van der Waals surface area contributed by atoms with E-state index in [1.54, 1.807) is 22.9 Å². The summed E-state index contributed by atoms with van der Waals surface area (Å²) in [6, 6.07) is 9.04. The number of hydrogen-bond donors (Lipinski definition) is 1. The predicted octanol–water partition coefficient (Wildman–Crippen LogP) is 2.40. The van der Waals surface area contributed by atoms with E-state index in [1.165, 1.54) is 0 Å². The number of halogens is 1. The van der Waals surface area contributed by atoms with Gasteiger partial charge in [0.05, 0.1) is 11.4 Å². The van der Waals surface area contributed by atoms with Crippen molar-refractivity contribution in [3.05, 3.63) is 41.2 Å². The number of amides is 1. The zero-order chi connectivity index (χ0) is 11.5. The van der Waals surface area contributed by atoms with Gasteiger partial charge in [0.2, 0.25) is 6.41 Å². The summed E-state index contributed by atoms with van der Waals surface area (Å²) >= 11 is 6.01. The lowest BCUT2D eigenvalue weighted by Crippen LogP contribution is -1.98. The molecule has 0 fully saturated rings. The summed E-state index contributed by atoms with van der Waals surface area (Å²) in [6.45, 7) is 1.88. The molecule has 16 heavy (non-hydrogen) atoms. The van der Waals surface area contributed by atoms with Gasteiger partial charge < -0.3 is 5.32 Å². The Morgan fingerprint density at radius 1 is 1.38 bits per heavy atom. The third-order valence-corrected chi connectivity index (χ3v) is 2.39. The van der Waals surface area contributed by atoms with Crippen molar-refractivity contribution >= 4 is 23.7 Å². The van der Waals surface area contributed by atoms with Crippen LogP contribution >= 0.6 is 11.6 Å². The van der Waals surface area contributed by atoms with Gasteiger partial charge in [-0.2, -0.15) is 5.10 Å². The first-order valence-electron chi connectivity index (χ1n) is 4.73. The number of aromatic nitrogens is 2. The lowest BCUT2D eigenvalue weighted by atomic mass is 10.3.